The average molecular weight is 240 g/mol. The topological polar surface area (TPSA) is 0 Å². The monoisotopic (exact) mass is 240 g/mol. The van der Waals surface area contributed by atoms with Crippen LogP contribution in [-0.2, 0) is 0 Å². The van der Waals surface area contributed by atoms with Gasteiger partial charge in [0, 0.05) is 0 Å². The van der Waals surface area contributed by atoms with Crippen LogP contribution in [0, 0.1) is 0 Å². The van der Waals surface area contributed by atoms with Gasteiger partial charge in [-0.25, -0.2) is 0 Å². The van der Waals surface area contributed by atoms with E-state index in [4.69, 9.17) is 23.2 Å². The molecule has 0 N–H and O–H groups in total. The number of rotatable bonds is 1. The van der Waals surface area contributed by atoms with Gasteiger partial charge < -0.3 is 0 Å². The summed E-state index contributed by atoms with van der Waals surface area (Å²) in [6.07, 6.45) is 0. The summed E-state index contributed by atoms with van der Waals surface area (Å²) in [7, 11) is 0. The Morgan fingerprint density at radius 1 is 1.10 bits per heavy atom. The van der Waals surface area contributed by atoms with Crippen LogP contribution in [0.1, 0.15) is 0 Å². The third-order valence-corrected chi connectivity index (χ3v) is 2.99. The zero-order valence-corrected chi connectivity index (χ0v) is 8.62. The maximum atomic E-state index is 5.75. The molecule has 0 saturated heterocycles. The van der Waals surface area contributed by atoms with Gasteiger partial charge in [-0.15, -0.1) is 0 Å². The molecule has 1 rings (SSSR count). The zero-order chi connectivity index (χ0) is 7.56. The van der Waals surface area contributed by atoms with E-state index < -0.39 is 0 Å². The summed E-state index contributed by atoms with van der Waals surface area (Å²) < 4.78 is 1.24. The molecular weight excluding hydrogens is 234 g/mol. The molecule has 0 nitrogen and oxygen atoms in total. The van der Waals surface area contributed by atoms with Crippen molar-refractivity contribution in [3.63, 3.8) is 0 Å². The fraction of sp³-hybridized carbons (Fsp3) is 0.143. The molecule has 0 aliphatic heterocycles. The van der Waals surface area contributed by atoms with Gasteiger partial charge in [0.2, 0.25) is 0 Å². The first-order valence-electron chi connectivity index (χ1n) is 2.72. The summed E-state index contributed by atoms with van der Waals surface area (Å²) in [5.41, 5.74) is 0. The van der Waals surface area contributed by atoms with Gasteiger partial charge in [0.25, 0.3) is 0 Å². The molecule has 10 heavy (non-hydrogen) atoms. The van der Waals surface area contributed by atoms with Crippen molar-refractivity contribution in [2.75, 3.05) is 0 Å². The van der Waals surface area contributed by atoms with Crippen molar-refractivity contribution in [1.29, 1.82) is 0 Å². The molecule has 0 bridgehead atoms. The number of hydrogen-bond acceptors (Lipinski definition) is 0. The second-order valence-corrected chi connectivity index (χ2v) is 4.53. The molecule has 0 aromatic heterocycles. The Kier molecular flexibility index (Phi) is 3.06. The molecule has 0 saturated carbocycles. The number of hydrogen-bond donors (Lipinski definition) is 0. The van der Waals surface area contributed by atoms with Crippen molar-refractivity contribution in [3.8, 4) is 0 Å². The van der Waals surface area contributed by atoms with Gasteiger partial charge in [0.15, 0.2) is 0 Å². The van der Waals surface area contributed by atoms with Crippen LogP contribution >= 0.6 is 23.2 Å². The van der Waals surface area contributed by atoms with Crippen molar-refractivity contribution >= 4 is 42.6 Å². The van der Waals surface area contributed by atoms with Crippen molar-refractivity contribution in [3.05, 3.63) is 28.2 Å². The van der Waals surface area contributed by atoms with Crippen molar-refractivity contribution in [2.45, 2.75) is 5.82 Å². The minimum atomic E-state index is 0.481. The molecule has 0 spiro atoms. The van der Waals surface area contributed by atoms with Crippen LogP contribution in [0.2, 0.25) is 15.9 Å². The van der Waals surface area contributed by atoms with Gasteiger partial charge in [-0.1, -0.05) is 0 Å². The van der Waals surface area contributed by atoms with Crippen LogP contribution in [0.3, 0.4) is 0 Å². The summed E-state index contributed by atoms with van der Waals surface area (Å²) in [6, 6.07) is 5.65. The van der Waals surface area contributed by atoms with E-state index >= 15 is 0 Å². The van der Waals surface area contributed by atoms with Gasteiger partial charge >= 0.3 is 76.7 Å². The van der Waals surface area contributed by atoms with Crippen LogP contribution in [0.15, 0.2) is 18.2 Å². The maximum absolute atomic E-state index is 5.75. The van der Waals surface area contributed by atoms with Crippen molar-refractivity contribution in [2.24, 2.45) is 0 Å². The predicted octanol–water partition coefficient (Wildman–Crippen LogP) is 2.37. The molecular formula is C7H6Cl2Se. The normalized spacial score (nSPS) is 9.90. The molecule has 0 amide bonds. The standard InChI is InChI=1S/C7H6Cl2Se/c1-10-7-3-5(8)2-6(9)4-7/h2-4H,1H3. The molecule has 0 heterocycles. The van der Waals surface area contributed by atoms with Gasteiger partial charge in [0.05, 0.1) is 0 Å². The molecule has 1 aromatic carbocycles. The summed E-state index contributed by atoms with van der Waals surface area (Å²) in [5.74, 6) is 2.13. The molecule has 0 aliphatic carbocycles. The first-order chi connectivity index (χ1) is 4.72. The SMILES string of the molecule is C[Se]c1cc(Cl)cc(Cl)c1. The molecule has 54 valence electrons. The van der Waals surface area contributed by atoms with E-state index in [-0.39, 0.29) is 0 Å². The predicted molar refractivity (Wildman–Crippen MR) is 47.7 cm³/mol. The van der Waals surface area contributed by atoms with E-state index in [1.165, 1.54) is 4.46 Å². The average Bonchev–Trinajstić information content (AvgIpc) is 1.85. The summed E-state index contributed by atoms with van der Waals surface area (Å²) >= 11 is 12.0. The molecule has 3 heteroatoms. The quantitative estimate of drug-likeness (QED) is 0.661. The van der Waals surface area contributed by atoms with Gasteiger partial charge in [-0.2, -0.15) is 0 Å². The van der Waals surface area contributed by atoms with Crippen molar-refractivity contribution < 1.29 is 0 Å². The first kappa shape index (κ1) is 8.42. The van der Waals surface area contributed by atoms with Crippen LogP contribution in [0.25, 0.3) is 0 Å². The van der Waals surface area contributed by atoms with E-state index in [1.807, 2.05) is 12.1 Å². The second-order valence-electron chi connectivity index (χ2n) is 1.81. The Hall–Kier alpha value is 0.319. The summed E-state index contributed by atoms with van der Waals surface area (Å²) in [5, 5.41) is 1.46. The van der Waals surface area contributed by atoms with Crippen molar-refractivity contribution in [1.82, 2.24) is 0 Å². The fourth-order valence-electron chi connectivity index (χ4n) is 0.646. The molecule has 0 radical (unpaired) electrons. The second kappa shape index (κ2) is 3.64. The molecule has 0 aliphatic rings. The Labute approximate surface area is 76.7 Å². The Bertz CT molecular complexity index is 215. The zero-order valence-electron chi connectivity index (χ0n) is 5.40. The van der Waals surface area contributed by atoms with E-state index in [0.717, 1.165) is 10.0 Å². The number of halogens is 2. The Morgan fingerprint density at radius 2 is 1.60 bits per heavy atom. The molecule has 1 aromatic rings. The Morgan fingerprint density at radius 3 is 2.00 bits per heavy atom. The van der Waals surface area contributed by atoms with Gasteiger partial charge in [-0.05, 0) is 0 Å². The van der Waals surface area contributed by atoms with E-state index in [9.17, 15) is 0 Å². The van der Waals surface area contributed by atoms with E-state index in [0.29, 0.717) is 15.0 Å². The van der Waals surface area contributed by atoms with Crippen LogP contribution in [0.5, 0.6) is 0 Å². The van der Waals surface area contributed by atoms with E-state index in [2.05, 4.69) is 5.82 Å². The summed E-state index contributed by atoms with van der Waals surface area (Å²) in [4.78, 5) is 0. The third-order valence-electron chi connectivity index (χ3n) is 1.07. The molecule has 0 unspecified atom stereocenters. The minimum absolute atomic E-state index is 0.481. The van der Waals surface area contributed by atoms with Crippen LogP contribution in [-0.4, -0.2) is 15.0 Å². The van der Waals surface area contributed by atoms with Gasteiger partial charge in [0.1, 0.15) is 0 Å². The molecule has 0 fully saturated rings. The first-order valence-corrected chi connectivity index (χ1v) is 6.05. The number of benzene rings is 1. The van der Waals surface area contributed by atoms with E-state index in [1.54, 1.807) is 6.07 Å². The van der Waals surface area contributed by atoms with Crippen LogP contribution in [0.4, 0.5) is 0 Å². The van der Waals surface area contributed by atoms with Crippen LogP contribution < -0.4 is 4.46 Å². The Balaban J connectivity index is 3.06. The fourth-order valence-corrected chi connectivity index (χ4v) is 2.49. The summed E-state index contributed by atoms with van der Waals surface area (Å²) in [6.45, 7) is 0. The van der Waals surface area contributed by atoms with Gasteiger partial charge in [-0.3, -0.25) is 0 Å². The molecule has 0 atom stereocenters. The third kappa shape index (κ3) is 2.17.